The van der Waals surface area contributed by atoms with Crippen LogP contribution in [0.5, 0.6) is 0 Å². The number of nitrogens with zero attached hydrogens (tertiary/aromatic N) is 1. The molecular weight excluding hydrogens is 346 g/mol. The number of carbonyl (C=O) groups excluding carboxylic acids is 1. The molecule has 0 amide bonds. The minimum atomic E-state index is -0.637. The summed E-state index contributed by atoms with van der Waals surface area (Å²) in [5.41, 5.74) is 0.401. The monoisotopic (exact) mass is 377 g/mol. The second-order valence-electron chi connectivity index (χ2n) is 7.60. The van der Waals surface area contributed by atoms with Gasteiger partial charge >= 0.3 is 0 Å². The Bertz CT molecular complexity index is 595. The number of fused-ring (bicyclic) bond motifs is 1. The van der Waals surface area contributed by atoms with Crippen LogP contribution in [-0.2, 0) is 4.79 Å². The van der Waals surface area contributed by atoms with Crippen molar-refractivity contribution in [3.63, 3.8) is 0 Å². The third-order valence-electron chi connectivity index (χ3n) is 5.62. The summed E-state index contributed by atoms with van der Waals surface area (Å²) in [6.07, 6.45) is 15.7. The van der Waals surface area contributed by atoms with Crippen molar-refractivity contribution in [2.45, 2.75) is 82.5 Å². The number of aliphatic hydroxyl groups excluding tert-OH is 2. The van der Waals surface area contributed by atoms with Gasteiger partial charge in [0.1, 0.15) is 5.54 Å². The predicted octanol–water partition coefficient (Wildman–Crippen LogP) is 3.32. The van der Waals surface area contributed by atoms with Crippen LogP contribution in [0.4, 0.5) is 0 Å². The largest absolute Gasteiger partial charge is 0.392 e. The van der Waals surface area contributed by atoms with Crippen molar-refractivity contribution in [2.24, 2.45) is 16.8 Å². The number of hydrogen-bond donors (Lipinski definition) is 3. The second-order valence-corrected chi connectivity index (χ2v) is 8.10. The Labute approximate surface area is 162 Å². The van der Waals surface area contributed by atoms with E-state index in [1.54, 1.807) is 0 Å². The van der Waals surface area contributed by atoms with Gasteiger partial charge in [0.2, 0.25) is 0 Å². The molecule has 2 N–H and O–H groups in total. The van der Waals surface area contributed by atoms with Crippen LogP contribution in [0.1, 0.15) is 64.7 Å². The molecule has 1 aliphatic heterocycles. The zero-order chi connectivity index (χ0) is 19.2. The van der Waals surface area contributed by atoms with Gasteiger partial charge in [0.25, 0.3) is 0 Å². The summed E-state index contributed by atoms with van der Waals surface area (Å²) in [7, 11) is 0. The first-order valence-electron chi connectivity index (χ1n) is 9.73. The molecule has 2 aliphatic rings. The number of carbonyl (C=O) groups is 1. The highest BCUT2D eigenvalue weighted by molar-refractivity contribution is 7.96. The van der Waals surface area contributed by atoms with E-state index in [4.69, 9.17) is 11.4 Å². The third-order valence-corrected chi connectivity index (χ3v) is 5.84. The maximum atomic E-state index is 11.0. The van der Waals surface area contributed by atoms with Gasteiger partial charge in [-0.2, -0.15) is 0 Å². The predicted molar refractivity (Wildman–Crippen MR) is 108 cm³/mol. The number of aliphatic hydroxyl groups is 2. The maximum absolute atomic E-state index is 11.0. The van der Waals surface area contributed by atoms with Crippen LogP contribution in [0.25, 0.3) is 0 Å². The standard InChI is InChI=1S/C21H31NO3S/c1-3-5-6-9-16(23)11-12-17-18-13-15(8-7-10-20(25)26)22-21(18,4-2)14-19(17)24/h2,11-12,16-19,23-24H,3,5-10,13-14H2,1H3,(H,25,26)/b12-11+. The normalized spacial score (nSPS) is 31.7. The molecule has 1 fully saturated rings. The lowest BCUT2D eigenvalue weighted by molar-refractivity contribution is -0.110. The molecule has 5 unspecified atom stereocenters. The molecule has 4 nitrogen and oxygen atoms in total. The number of hydrogen-bond acceptors (Lipinski definition) is 4. The lowest BCUT2D eigenvalue weighted by Crippen LogP contribution is -2.27. The average molecular weight is 378 g/mol. The van der Waals surface area contributed by atoms with E-state index in [0.29, 0.717) is 12.8 Å². The van der Waals surface area contributed by atoms with Crippen molar-refractivity contribution in [3.8, 4) is 12.3 Å². The molecule has 1 heterocycles. The number of thiol groups is 1. The van der Waals surface area contributed by atoms with Gasteiger partial charge in [0.15, 0.2) is 5.12 Å². The molecular formula is C21H31NO3S. The average Bonchev–Trinajstić information content (AvgIpc) is 3.05. The number of rotatable bonds is 10. The van der Waals surface area contributed by atoms with Gasteiger partial charge in [-0.25, -0.2) is 0 Å². The number of terminal acetylenes is 1. The van der Waals surface area contributed by atoms with Crippen LogP contribution in [-0.4, -0.2) is 38.8 Å². The molecule has 0 bridgehead atoms. The number of unbranched alkanes of at least 4 members (excludes halogenated alkanes) is 2. The fourth-order valence-corrected chi connectivity index (χ4v) is 4.38. The van der Waals surface area contributed by atoms with Crippen LogP contribution < -0.4 is 0 Å². The maximum Gasteiger partial charge on any atom is 0.185 e. The second kappa shape index (κ2) is 9.73. The molecule has 0 saturated heterocycles. The van der Waals surface area contributed by atoms with Crippen LogP contribution in [0, 0.1) is 24.2 Å². The fourth-order valence-electron chi connectivity index (χ4n) is 4.23. The van der Waals surface area contributed by atoms with Crippen LogP contribution in [0.3, 0.4) is 0 Å². The first-order valence-corrected chi connectivity index (χ1v) is 10.2. The van der Waals surface area contributed by atoms with Crippen molar-refractivity contribution >= 4 is 23.5 Å². The van der Waals surface area contributed by atoms with Gasteiger partial charge in [-0.15, -0.1) is 19.1 Å². The lowest BCUT2D eigenvalue weighted by atomic mass is 9.82. The topological polar surface area (TPSA) is 69.9 Å². The summed E-state index contributed by atoms with van der Waals surface area (Å²) in [5.74, 6) is 2.82. The van der Waals surface area contributed by atoms with Gasteiger partial charge in [-0.05, 0) is 25.7 Å². The van der Waals surface area contributed by atoms with Crippen LogP contribution >= 0.6 is 12.6 Å². The van der Waals surface area contributed by atoms with Crippen molar-refractivity contribution in [3.05, 3.63) is 12.2 Å². The van der Waals surface area contributed by atoms with E-state index < -0.39 is 17.7 Å². The molecule has 0 aromatic heterocycles. The highest BCUT2D eigenvalue weighted by Crippen LogP contribution is 2.49. The number of aliphatic imine (C=N–C) groups is 1. The fraction of sp³-hybridized carbons (Fsp3) is 0.714. The van der Waals surface area contributed by atoms with E-state index >= 15 is 0 Å². The molecule has 144 valence electrons. The molecule has 5 heteroatoms. The summed E-state index contributed by atoms with van der Waals surface area (Å²) in [6, 6.07) is 0. The minimum Gasteiger partial charge on any atom is -0.392 e. The van der Waals surface area contributed by atoms with Crippen molar-refractivity contribution in [2.75, 3.05) is 0 Å². The van der Waals surface area contributed by atoms with Crippen molar-refractivity contribution in [1.82, 2.24) is 0 Å². The summed E-state index contributed by atoms with van der Waals surface area (Å²) >= 11 is 3.80. The third kappa shape index (κ3) is 5.22. The smallest absolute Gasteiger partial charge is 0.185 e. The first-order chi connectivity index (χ1) is 12.4. The van der Waals surface area contributed by atoms with E-state index in [1.807, 2.05) is 12.2 Å². The Kier molecular flexibility index (Phi) is 7.94. The van der Waals surface area contributed by atoms with Gasteiger partial charge in [-0.3, -0.25) is 9.79 Å². The lowest BCUT2D eigenvalue weighted by Gasteiger charge is -2.22. The molecule has 0 radical (unpaired) electrons. The molecule has 26 heavy (non-hydrogen) atoms. The highest BCUT2D eigenvalue weighted by Gasteiger charge is 2.54. The van der Waals surface area contributed by atoms with E-state index in [0.717, 1.165) is 50.7 Å². The Morgan fingerprint density at radius 3 is 2.92 bits per heavy atom. The SMILES string of the molecule is C#CC12CC(O)C(/C=C/C(O)CCCCC)C1CC(CCCC(=O)S)=N2. The van der Waals surface area contributed by atoms with E-state index in [-0.39, 0.29) is 17.0 Å². The van der Waals surface area contributed by atoms with E-state index in [9.17, 15) is 15.0 Å². The summed E-state index contributed by atoms with van der Waals surface area (Å²) in [6.45, 7) is 2.14. The Morgan fingerprint density at radius 2 is 2.27 bits per heavy atom. The first kappa shape index (κ1) is 21.2. The van der Waals surface area contributed by atoms with Gasteiger partial charge in [-0.1, -0.05) is 44.3 Å². The molecule has 1 saturated carbocycles. The van der Waals surface area contributed by atoms with Gasteiger partial charge < -0.3 is 10.2 Å². The van der Waals surface area contributed by atoms with Crippen LogP contribution in [0.15, 0.2) is 17.1 Å². The molecule has 2 rings (SSSR count). The Morgan fingerprint density at radius 1 is 1.50 bits per heavy atom. The van der Waals surface area contributed by atoms with Crippen molar-refractivity contribution in [1.29, 1.82) is 0 Å². The van der Waals surface area contributed by atoms with E-state index in [1.165, 1.54) is 0 Å². The molecule has 5 atom stereocenters. The van der Waals surface area contributed by atoms with Crippen LogP contribution in [0.2, 0.25) is 0 Å². The van der Waals surface area contributed by atoms with Gasteiger partial charge in [0, 0.05) is 30.4 Å². The summed E-state index contributed by atoms with van der Waals surface area (Å²) in [5, 5.41) is 20.5. The summed E-state index contributed by atoms with van der Waals surface area (Å²) in [4.78, 5) is 15.8. The Hall–Kier alpha value is -1.09. The molecule has 0 spiro atoms. The quantitative estimate of drug-likeness (QED) is 0.237. The van der Waals surface area contributed by atoms with Gasteiger partial charge in [0.05, 0.1) is 12.2 Å². The zero-order valence-corrected chi connectivity index (χ0v) is 16.5. The zero-order valence-electron chi connectivity index (χ0n) is 15.6. The Balaban J connectivity index is 1.99. The van der Waals surface area contributed by atoms with Crippen molar-refractivity contribution < 1.29 is 15.0 Å². The molecule has 0 aromatic carbocycles. The minimum absolute atomic E-state index is 0.0725. The molecule has 0 aromatic rings. The van der Waals surface area contributed by atoms with E-state index in [2.05, 4.69) is 25.5 Å². The highest BCUT2D eigenvalue weighted by atomic mass is 32.1. The summed E-state index contributed by atoms with van der Waals surface area (Å²) < 4.78 is 0. The molecule has 1 aliphatic carbocycles.